The molecule has 220 valence electrons. The topological polar surface area (TPSA) is 86.8 Å². The second-order valence-corrected chi connectivity index (χ2v) is 13.4. The molecular formula is C30H35Cl2N3O4S2. The van der Waals surface area contributed by atoms with Crippen LogP contribution >= 0.6 is 35.0 Å². The van der Waals surface area contributed by atoms with E-state index in [9.17, 15) is 18.0 Å². The van der Waals surface area contributed by atoms with Crippen molar-refractivity contribution in [3.63, 3.8) is 0 Å². The van der Waals surface area contributed by atoms with Crippen molar-refractivity contribution in [1.82, 2.24) is 10.2 Å². The molecule has 0 aromatic heterocycles. The number of carbonyl (C=O) groups is 2. The summed E-state index contributed by atoms with van der Waals surface area (Å²) in [7, 11) is -4.14. The Kier molecular flexibility index (Phi) is 11.6. The van der Waals surface area contributed by atoms with E-state index in [-0.39, 0.29) is 23.4 Å². The molecule has 1 N–H and O–H groups in total. The highest BCUT2D eigenvalue weighted by Gasteiger charge is 2.33. The van der Waals surface area contributed by atoms with E-state index in [2.05, 4.69) is 5.32 Å². The third-order valence-electron chi connectivity index (χ3n) is 6.77. The van der Waals surface area contributed by atoms with Gasteiger partial charge in [-0.1, -0.05) is 53.9 Å². The van der Waals surface area contributed by atoms with Gasteiger partial charge >= 0.3 is 0 Å². The number of aryl methyl sites for hydroxylation is 1. The maximum absolute atomic E-state index is 14.0. The number of nitrogens with zero attached hydrogens (tertiary/aromatic N) is 2. The van der Waals surface area contributed by atoms with Crippen molar-refractivity contribution in [2.24, 2.45) is 0 Å². The molecule has 0 saturated heterocycles. The fourth-order valence-electron chi connectivity index (χ4n) is 4.00. The zero-order valence-electron chi connectivity index (χ0n) is 23.7. The van der Waals surface area contributed by atoms with Gasteiger partial charge in [0, 0.05) is 27.5 Å². The highest BCUT2D eigenvalue weighted by Crippen LogP contribution is 2.28. The van der Waals surface area contributed by atoms with Gasteiger partial charge in [-0.3, -0.25) is 13.9 Å². The monoisotopic (exact) mass is 635 g/mol. The van der Waals surface area contributed by atoms with E-state index >= 15 is 0 Å². The van der Waals surface area contributed by atoms with Gasteiger partial charge in [-0.2, -0.15) is 0 Å². The van der Waals surface area contributed by atoms with Crippen molar-refractivity contribution >= 4 is 62.5 Å². The van der Waals surface area contributed by atoms with Crippen LogP contribution in [-0.2, 0) is 26.2 Å². The molecule has 3 aromatic carbocycles. The maximum atomic E-state index is 14.0. The second kappa shape index (κ2) is 14.4. The van der Waals surface area contributed by atoms with E-state index in [0.29, 0.717) is 27.7 Å². The third-order valence-corrected chi connectivity index (χ3v) is 9.89. The van der Waals surface area contributed by atoms with Crippen molar-refractivity contribution in [3.05, 3.63) is 87.9 Å². The molecule has 0 aliphatic carbocycles. The van der Waals surface area contributed by atoms with E-state index < -0.39 is 28.5 Å². The summed E-state index contributed by atoms with van der Waals surface area (Å²) in [6.45, 7) is 6.79. The summed E-state index contributed by atoms with van der Waals surface area (Å²) < 4.78 is 29.0. The Balaban J connectivity index is 2.04. The van der Waals surface area contributed by atoms with Crippen LogP contribution in [0.25, 0.3) is 0 Å². The van der Waals surface area contributed by atoms with Gasteiger partial charge in [0.1, 0.15) is 12.6 Å². The van der Waals surface area contributed by atoms with Gasteiger partial charge in [0.2, 0.25) is 11.8 Å². The first kappa shape index (κ1) is 32.8. The number of thioether (sulfide) groups is 1. The first-order valence-corrected chi connectivity index (χ1v) is 16.6. The van der Waals surface area contributed by atoms with Crippen LogP contribution in [0, 0.1) is 6.92 Å². The van der Waals surface area contributed by atoms with Crippen LogP contribution in [0.15, 0.2) is 76.5 Å². The molecule has 11 heteroatoms. The number of anilines is 1. The Morgan fingerprint density at radius 2 is 1.61 bits per heavy atom. The molecule has 0 aliphatic rings. The Bertz CT molecular complexity index is 1470. The molecule has 2 amide bonds. The fraction of sp³-hybridized carbons (Fsp3) is 0.333. The molecular weight excluding hydrogens is 601 g/mol. The SMILES string of the molecule is CC[C@@H](C)NC(=O)[C@H](C)N(Cc1ccc(Cl)cc1Cl)C(=O)CN(c1ccc(C)cc1)S(=O)(=O)c1ccc(SC)cc1. The van der Waals surface area contributed by atoms with Crippen molar-refractivity contribution in [2.45, 2.75) is 62.5 Å². The molecule has 0 unspecified atom stereocenters. The molecule has 0 fully saturated rings. The predicted molar refractivity (Wildman–Crippen MR) is 168 cm³/mol. The Labute approximate surface area is 257 Å². The average molecular weight is 637 g/mol. The minimum atomic E-state index is -4.14. The first-order valence-electron chi connectivity index (χ1n) is 13.1. The number of hydrogen-bond donors (Lipinski definition) is 1. The number of carbonyl (C=O) groups excluding carboxylic acids is 2. The molecule has 0 heterocycles. The van der Waals surface area contributed by atoms with E-state index in [1.807, 2.05) is 27.0 Å². The third kappa shape index (κ3) is 8.41. The number of nitrogens with one attached hydrogen (secondary N) is 1. The number of hydrogen-bond acceptors (Lipinski definition) is 5. The first-order chi connectivity index (χ1) is 19.4. The Hall–Kier alpha value is -2.72. The summed E-state index contributed by atoms with van der Waals surface area (Å²) in [5.74, 6) is -0.914. The molecule has 2 atom stereocenters. The van der Waals surface area contributed by atoms with Crippen molar-refractivity contribution in [3.8, 4) is 0 Å². The normalized spacial score (nSPS) is 12.9. The number of amides is 2. The molecule has 0 aliphatic heterocycles. The molecule has 3 rings (SSSR count). The zero-order valence-corrected chi connectivity index (χ0v) is 26.9. The minimum absolute atomic E-state index is 0.0197. The molecule has 7 nitrogen and oxygen atoms in total. The van der Waals surface area contributed by atoms with Crippen LogP contribution in [0.1, 0.15) is 38.3 Å². The van der Waals surface area contributed by atoms with Crippen molar-refractivity contribution in [1.29, 1.82) is 0 Å². The van der Waals surface area contributed by atoms with Gasteiger partial charge in [0.15, 0.2) is 0 Å². The van der Waals surface area contributed by atoms with Crippen LogP contribution < -0.4 is 9.62 Å². The molecule has 0 spiro atoms. The standard InChI is InChI=1S/C30H35Cl2N3O4S2/c1-6-21(3)33-30(37)22(4)34(18-23-9-10-24(31)17-28(23)32)29(36)19-35(25-11-7-20(2)8-12-25)41(38,39)27-15-13-26(40-5)14-16-27/h7-17,21-22H,6,18-19H2,1-5H3,(H,33,37)/t21-,22+/m1/s1. The second-order valence-electron chi connectivity index (χ2n) is 9.77. The molecule has 0 radical (unpaired) electrons. The van der Waals surface area contributed by atoms with Crippen LogP contribution in [-0.4, -0.2) is 50.0 Å². The van der Waals surface area contributed by atoms with Crippen LogP contribution in [0.4, 0.5) is 5.69 Å². The molecule has 0 saturated carbocycles. The van der Waals surface area contributed by atoms with E-state index in [1.54, 1.807) is 61.5 Å². The van der Waals surface area contributed by atoms with Crippen LogP contribution in [0.2, 0.25) is 10.0 Å². The van der Waals surface area contributed by atoms with Crippen molar-refractivity contribution in [2.75, 3.05) is 17.1 Å². The lowest BCUT2D eigenvalue weighted by molar-refractivity contribution is -0.139. The number of halogens is 2. The van der Waals surface area contributed by atoms with Crippen molar-refractivity contribution < 1.29 is 18.0 Å². The average Bonchev–Trinajstić information content (AvgIpc) is 2.95. The number of sulfonamides is 1. The van der Waals surface area contributed by atoms with Gasteiger partial charge in [0.05, 0.1) is 10.6 Å². The lowest BCUT2D eigenvalue weighted by Gasteiger charge is -2.32. The van der Waals surface area contributed by atoms with E-state index in [0.717, 1.165) is 14.8 Å². The van der Waals surface area contributed by atoms with Crippen LogP contribution in [0.5, 0.6) is 0 Å². The summed E-state index contributed by atoms with van der Waals surface area (Å²) in [6, 6.07) is 17.3. The quantitative estimate of drug-likeness (QED) is 0.228. The number of benzene rings is 3. The van der Waals surface area contributed by atoms with Gasteiger partial charge in [0.25, 0.3) is 10.0 Å². The van der Waals surface area contributed by atoms with E-state index in [4.69, 9.17) is 23.2 Å². The summed E-state index contributed by atoms with van der Waals surface area (Å²) in [5, 5.41) is 3.68. The Morgan fingerprint density at radius 3 is 2.17 bits per heavy atom. The fourth-order valence-corrected chi connectivity index (χ4v) is 6.29. The van der Waals surface area contributed by atoms with E-state index in [1.165, 1.54) is 28.8 Å². The number of rotatable bonds is 12. The summed E-state index contributed by atoms with van der Waals surface area (Å²) >= 11 is 14.0. The van der Waals surface area contributed by atoms with Gasteiger partial charge in [-0.15, -0.1) is 11.8 Å². The summed E-state index contributed by atoms with van der Waals surface area (Å²) in [5.41, 5.74) is 1.85. The summed E-state index contributed by atoms with van der Waals surface area (Å²) in [6.07, 6.45) is 2.62. The smallest absolute Gasteiger partial charge is 0.264 e. The Morgan fingerprint density at radius 1 is 0.976 bits per heavy atom. The molecule has 3 aromatic rings. The van der Waals surface area contributed by atoms with Gasteiger partial charge < -0.3 is 10.2 Å². The highest BCUT2D eigenvalue weighted by atomic mass is 35.5. The zero-order chi connectivity index (χ0) is 30.3. The molecule has 41 heavy (non-hydrogen) atoms. The summed E-state index contributed by atoms with van der Waals surface area (Å²) in [4.78, 5) is 29.5. The largest absolute Gasteiger partial charge is 0.352 e. The molecule has 0 bridgehead atoms. The lowest BCUT2D eigenvalue weighted by atomic mass is 10.1. The maximum Gasteiger partial charge on any atom is 0.264 e. The lowest BCUT2D eigenvalue weighted by Crippen LogP contribution is -2.52. The predicted octanol–water partition coefficient (Wildman–Crippen LogP) is 6.55. The van der Waals surface area contributed by atoms with Gasteiger partial charge in [-0.05, 0) is 87.5 Å². The van der Waals surface area contributed by atoms with Gasteiger partial charge in [-0.25, -0.2) is 8.42 Å². The highest BCUT2D eigenvalue weighted by molar-refractivity contribution is 7.98. The minimum Gasteiger partial charge on any atom is -0.352 e. The van der Waals surface area contributed by atoms with Crippen LogP contribution in [0.3, 0.4) is 0 Å².